The molecule has 0 aliphatic rings. The molecular formula is C38H24S. The third kappa shape index (κ3) is 3.91. The third-order valence-electron chi connectivity index (χ3n) is 7.83. The molecule has 0 N–H and O–H groups in total. The molecule has 1 heteroatoms. The summed E-state index contributed by atoms with van der Waals surface area (Å²) >= 11 is 1.87. The van der Waals surface area contributed by atoms with Gasteiger partial charge >= 0.3 is 0 Å². The monoisotopic (exact) mass is 512 g/mol. The van der Waals surface area contributed by atoms with E-state index in [4.69, 9.17) is 0 Å². The van der Waals surface area contributed by atoms with Gasteiger partial charge in [0, 0.05) is 20.2 Å². The summed E-state index contributed by atoms with van der Waals surface area (Å²) in [6.07, 6.45) is 0. The first kappa shape index (κ1) is 22.3. The Labute approximate surface area is 231 Å². The molecule has 8 rings (SSSR count). The molecule has 8 aromatic rings. The van der Waals surface area contributed by atoms with Crippen LogP contribution in [0.1, 0.15) is 0 Å². The molecule has 0 nitrogen and oxygen atoms in total. The lowest BCUT2D eigenvalue weighted by atomic mass is 9.95. The first-order chi connectivity index (χ1) is 19.3. The number of hydrogen-bond donors (Lipinski definition) is 0. The van der Waals surface area contributed by atoms with Crippen molar-refractivity contribution >= 4 is 53.1 Å². The summed E-state index contributed by atoms with van der Waals surface area (Å²) in [5.41, 5.74) is 7.49. The molecule has 7 aromatic carbocycles. The summed E-state index contributed by atoms with van der Waals surface area (Å²) in [5.74, 6) is 0. The van der Waals surface area contributed by atoms with Gasteiger partial charge in [0.05, 0.1) is 0 Å². The molecule has 0 amide bonds. The summed E-state index contributed by atoms with van der Waals surface area (Å²) in [6, 6.07) is 53.4. The van der Waals surface area contributed by atoms with Gasteiger partial charge in [-0.3, -0.25) is 0 Å². The van der Waals surface area contributed by atoms with Crippen LogP contribution in [0.4, 0.5) is 0 Å². The van der Waals surface area contributed by atoms with Gasteiger partial charge in [-0.05, 0) is 97.4 Å². The second-order valence-electron chi connectivity index (χ2n) is 10.2. The number of fused-ring (bicyclic) bond motifs is 5. The largest absolute Gasteiger partial charge is 0.135 e. The molecule has 39 heavy (non-hydrogen) atoms. The second-order valence-corrected chi connectivity index (χ2v) is 11.3. The van der Waals surface area contributed by atoms with Crippen molar-refractivity contribution in [2.45, 2.75) is 0 Å². The Balaban J connectivity index is 1.15. The smallest absolute Gasteiger partial charge is 0.0355 e. The minimum Gasteiger partial charge on any atom is -0.135 e. The first-order valence-corrected chi connectivity index (χ1v) is 14.2. The van der Waals surface area contributed by atoms with E-state index in [0.717, 1.165) is 0 Å². The lowest BCUT2D eigenvalue weighted by molar-refractivity contribution is 1.61. The van der Waals surface area contributed by atoms with Gasteiger partial charge in [0.15, 0.2) is 0 Å². The van der Waals surface area contributed by atoms with Crippen molar-refractivity contribution in [3.63, 3.8) is 0 Å². The van der Waals surface area contributed by atoms with Crippen molar-refractivity contribution in [3.8, 4) is 33.4 Å². The van der Waals surface area contributed by atoms with Gasteiger partial charge in [-0.25, -0.2) is 0 Å². The fourth-order valence-electron chi connectivity index (χ4n) is 5.76. The fraction of sp³-hybridized carbons (Fsp3) is 0. The van der Waals surface area contributed by atoms with Crippen molar-refractivity contribution < 1.29 is 0 Å². The Morgan fingerprint density at radius 1 is 0.282 bits per heavy atom. The number of hydrogen-bond acceptors (Lipinski definition) is 1. The minimum atomic E-state index is 1.24. The van der Waals surface area contributed by atoms with Gasteiger partial charge in [-0.15, -0.1) is 11.3 Å². The van der Waals surface area contributed by atoms with Crippen molar-refractivity contribution in [2.24, 2.45) is 0 Å². The summed E-state index contributed by atoms with van der Waals surface area (Å²) in [6.45, 7) is 0. The Bertz CT molecular complexity index is 2180. The van der Waals surface area contributed by atoms with E-state index in [1.807, 2.05) is 11.3 Å². The Hall–Kier alpha value is -4.72. The molecule has 0 fully saturated rings. The number of rotatable bonds is 3. The van der Waals surface area contributed by atoms with E-state index < -0.39 is 0 Å². The van der Waals surface area contributed by atoms with Crippen LogP contribution < -0.4 is 0 Å². The van der Waals surface area contributed by atoms with E-state index in [2.05, 4.69) is 146 Å². The Morgan fingerprint density at radius 3 is 1.49 bits per heavy atom. The Morgan fingerprint density at radius 2 is 0.769 bits per heavy atom. The maximum absolute atomic E-state index is 2.35. The molecule has 0 saturated carbocycles. The average molecular weight is 513 g/mol. The van der Waals surface area contributed by atoms with Gasteiger partial charge in [0.1, 0.15) is 0 Å². The van der Waals surface area contributed by atoms with Crippen LogP contribution in [0.2, 0.25) is 0 Å². The van der Waals surface area contributed by atoms with Crippen LogP contribution in [0.5, 0.6) is 0 Å². The van der Waals surface area contributed by atoms with E-state index >= 15 is 0 Å². The van der Waals surface area contributed by atoms with E-state index in [-0.39, 0.29) is 0 Å². The van der Waals surface area contributed by atoms with Crippen molar-refractivity contribution in [1.29, 1.82) is 0 Å². The van der Waals surface area contributed by atoms with Crippen LogP contribution >= 0.6 is 11.3 Å². The van der Waals surface area contributed by atoms with Crippen LogP contribution in [-0.4, -0.2) is 0 Å². The van der Waals surface area contributed by atoms with Crippen LogP contribution in [0.25, 0.3) is 75.1 Å². The third-order valence-corrected chi connectivity index (χ3v) is 8.98. The van der Waals surface area contributed by atoms with Crippen molar-refractivity contribution in [3.05, 3.63) is 146 Å². The molecule has 0 spiro atoms. The molecule has 182 valence electrons. The van der Waals surface area contributed by atoms with Gasteiger partial charge in [-0.2, -0.15) is 0 Å². The van der Waals surface area contributed by atoms with E-state index in [1.54, 1.807) is 0 Å². The summed E-state index contributed by atoms with van der Waals surface area (Å²) in [4.78, 5) is 0. The van der Waals surface area contributed by atoms with Gasteiger partial charge < -0.3 is 0 Å². The number of benzene rings is 7. The highest BCUT2D eigenvalue weighted by Gasteiger charge is 2.09. The van der Waals surface area contributed by atoms with E-state index in [0.29, 0.717) is 0 Å². The molecule has 0 aliphatic carbocycles. The summed E-state index contributed by atoms with van der Waals surface area (Å²) < 4.78 is 2.69. The van der Waals surface area contributed by atoms with Gasteiger partial charge in [0.2, 0.25) is 0 Å². The minimum absolute atomic E-state index is 1.24. The highest BCUT2D eigenvalue weighted by molar-refractivity contribution is 7.25. The van der Waals surface area contributed by atoms with Gasteiger partial charge in [0.25, 0.3) is 0 Å². The van der Waals surface area contributed by atoms with Crippen LogP contribution in [0, 0.1) is 0 Å². The predicted molar refractivity (Wildman–Crippen MR) is 171 cm³/mol. The predicted octanol–water partition coefficient (Wildman–Crippen LogP) is 11.4. The van der Waals surface area contributed by atoms with Crippen LogP contribution in [-0.2, 0) is 0 Å². The first-order valence-electron chi connectivity index (χ1n) is 13.3. The quantitative estimate of drug-likeness (QED) is 0.221. The maximum atomic E-state index is 2.35. The SMILES string of the molecule is c1cc(-c2ccc3cc(-c4ccc5ccccc5c4)ccc3c2)cc(-c2ccc3sc4ccccc4c3c2)c1. The molecule has 0 aliphatic heterocycles. The molecule has 0 atom stereocenters. The molecule has 0 radical (unpaired) electrons. The van der Waals surface area contributed by atoms with E-state index in [9.17, 15) is 0 Å². The molecule has 1 heterocycles. The van der Waals surface area contributed by atoms with Crippen molar-refractivity contribution in [1.82, 2.24) is 0 Å². The lowest BCUT2D eigenvalue weighted by Crippen LogP contribution is -1.84. The summed E-state index contributed by atoms with van der Waals surface area (Å²) in [5, 5.41) is 7.75. The topological polar surface area (TPSA) is 0 Å². The zero-order valence-electron chi connectivity index (χ0n) is 21.3. The second kappa shape index (κ2) is 8.94. The van der Waals surface area contributed by atoms with E-state index in [1.165, 1.54) is 75.1 Å². The molecule has 1 aromatic heterocycles. The highest BCUT2D eigenvalue weighted by Crippen LogP contribution is 2.37. The molecule has 0 saturated heterocycles. The van der Waals surface area contributed by atoms with Crippen LogP contribution in [0.15, 0.2) is 146 Å². The normalized spacial score (nSPS) is 11.6. The van der Waals surface area contributed by atoms with Crippen LogP contribution in [0.3, 0.4) is 0 Å². The van der Waals surface area contributed by atoms with Gasteiger partial charge in [-0.1, -0.05) is 103 Å². The zero-order valence-corrected chi connectivity index (χ0v) is 22.1. The highest BCUT2D eigenvalue weighted by atomic mass is 32.1. The average Bonchev–Trinajstić information content (AvgIpc) is 3.38. The Kier molecular flexibility index (Phi) is 5.11. The summed E-state index contributed by atoms with van der Waals surface area (Å²) in [7, 11) is 0. The standard InChI is InChI=1S/C38H24S/c1-2-7-26-20-30(13-12-25(26)6-1)32-17-16-31-22-29(14-15-33(31)23-32)27-8-5-9-28(21-27)34-18-19-38-36(24-34)35-10-3-4-11-37(35)39-38/h1-24H. The molecule has 0 bridgehead atoms. The lowest BCUT2D eigenvalue weighted by Gasteiger charge is -2.10. The zero-order chi connectivity index (χ0) is 25.8. The molecule has 0 unspecified atom stereocenters. The number of thiophene rings is 1. The maximum Gasteiger partial charge on any atom is 0.0355 e. The molecular weight excluding hydrogens is 488 g/mol. The van der Waals surface area contributed by atoms with Crippen molar-refractivity contribution in [2.75, 3.05) is 0 Å². The fourth-order valence-corrected chi connectivity index (χ4v) is 6.84.